The fraction of sp³-hybridized carbons (Fsp3) is 0.273. The molecule has 2 atom stereocenters. The average molecular weight is 239 g/mol. The van der Waals surface area contributed by atoms with Crippen molar-refractivity contribution in [1.29, 1.82) is 5.26 Å². The Morgan fingerprint density at radius 2 is 2.18 bits per heavy atom. The molecule has 0 bridgehead atoms. The number of methoxy groups -OCH3 is 1. The maximum Gasteiger partial charge on any atom is 0.337 e. The van der Waals surface area contributed by atoms with Crippen LogP contribution in [0.4, 0.5) is 4.39 Å². The number of hydrogen-bond acceptors (Lipinski definition) is 5. The Morgan fingerprint density at radius 1 is 1.53 bits per heavy atom. The van der Waals surface area contributed by atoms with Crippen LogP contribution in [0.15, 0.2) is 18.2 Å². The van der Waals surface area contributed by atoms with Gasteiger partial charge in [-0.15, -0.1) is 0 Å². The lowest BCUT2D eigenvalue weighted by molar-refractivity contribution is -0.156. The first-order valence-corrected chi connectivity index (χ1v) is 4.64. The zero-order valence-electron chi connectivity index (χ0n) is 8.92. The molecule has 0 heterocycles. The number of ether oxygens (including phenoxy) is 1. The van der Waals surface area contributed by atoms with Crippen LogP contribution in [-0.2, 0) is 9.53 Å². The van der Waals surface area contributed by atoms with Crippen LogP contribution in [0.5, 0.6) is 0 Å². The maximum atomic E-state index is 13.4. The molecule has 0 aliphatic carbocycles. The zero-order chi connectivity index (χ0) is 13.0. The summed E-state index contributed by atoms with van der Waals surface area (Å²) in [7, 11) is 1.04. The minimum Gasteiger partial charge on any atom is -0.467 e. The predicted molar refractivity (Wildman–Crippen MR) is 54.1 cm³/mol. The summed E-state index contributed by atoms with van der Waals surface area (Å²) < 4.78 is 17.7. The Bertz CT molecular complexity index is 469. The molecule has 2 N–H and O–H groups in total. The zero-order valence-corrected chi connectivity index (χ0v) is 8.92. The molecule has 1 aromatic rings. The molecule has 17 heavy (non-hydrogen) atoms. The van der Waals surface area contributed by atoms with Gasteiger partial charge in [-0.1, -0.05) is 6.07 Å². The van der Waals surface area contributed by atoms with Crippen molar-refractivity contribution in [3.63, 3.8) is 0 Å². The number of carbonyl (C=O) groups is 1. The van der Waals surface area contributed by atoms with E-state index in [0.717, 1.165) is 19.2 Å². The molecule has 0 aliphatic rings. The van der Waals surface area contributed by atoms with Gasteiger partial charge in [0.2, 0.25) is 0 Å². The first kappa shape index (κ1) is 13.1. The summed E-state index contributed by atoms with van der Waals surface area (Å²) >= 11 is 0. The molecule has 0 radical (unpaired) electrons. The molecular formula is C11H10FNO4. The number of esters is 1. The summed E-state index contributed by atoms with van der Waals surface area (Å²) in [6, 6.07) is 5.03. The van der Waals surface area contributed by atoms with Gasteiger partial charge in [-0.3, -0.25) is 0 Å². The van der Waals surface area contributed by atoms with Crippen LogP contribution in [0.25, 0.3) is 0 Å². The molecule has 1 rings (SSSR count). The van der Waals surface area contributed by atoms with E-state index in [4.69, 9.17) is 5.26 Å². The highest BCUT2D eigenvalue weighted by Gasteiger charge is 2.28. The fourth-order valence-corrected chi connectivity index (χ4v) is 1.26. The second-order valence-electron chi connectivity index (χ2n) is 3.26. The highest BCUT2D eigenvalue weighted by atomic mass is 19.1. The Labute approximate surface area is 96.7 Å². The Morgan fingerprint density at radius 3 is 2.65 bits per heavy atom. The van der Waals surface area contributed by atoms with E-state index in [1.54, 1.807) is 6.07 Å². The van der Waals surface area contributed by atoms with E-state index in [0.29, 0.717) is 0 Å². The van der Waals surface area contributed by atoms with E-state index >= 15 is 0 Å². The topological polar surface area (TPSA) is 90.6 Å². The summed E-state index contributed by atoms with van der Waals surface area (Å²) in [6.07, 6.45) is -3.61. The summed E-state index contributed by atoms with van der Waals surface area (Å²) in [5.74, 6) is -1.94. The molecular weight excluding hydrogens is 229 g/mol. The van der Waals surface area contributed by atoms with Crippen LogP contribution in [0, 0.1) is 17.1 Å². The van der Waals surface area contributed by atoms with Gasteiger partial charge in [-0.2, -0.15) is 5.26 Å². The van der Waals surface area contributed by atoms with Crippen LogP contribution in [0.3, 0.4) is 0 Å². The molecule has 0 saturated carbocycles. The number of aliphatic hydroxyl groups is 2. The molecule has 0 aromatic heterocycles. The number of aliphatic hydroxyl groups excluding tert-OH is 2. The first-order chi connectivity index (χ1) is 8.01. The van der Waals surface area contributed by atoms with Gasteiger partial charge < -0.3 is 14.9 Å². The van der Waals surface area contributed by atoms with Crippen molar-refractivity contribution in [2.75, 3.05) is 7.11 Å². The van der Waals surface area contributed by atoms with Crippen molar-refractivity contribution in [2.24, 2.45) is 0 Å². The molecule has 0 amide bonds. The monoisotopic (exact) mass is 239 g/mol. The van der Waals surface area contributed by atoms with Crippen LogP contribution < -0.4 is 0 Å². The lowest BCUT2D eigenvalue weighted by Gasteiger charge is -2.16. The second kappa shape index (κ2) is 5.39. The summed E-state index contributed by atoms with van der Waals surface area (Å²) in [6.45, 7) is 0. The third-order valence-electron chi connectivity index (χ3n) is 2.19. The molecule has 0 saturated heterocycles. The van der Waals surface area contributed by atoms with Crippen molar-refractivity contribution < 1.29 is 24.1 Å². The Hall–Kier alpha value is -1.97. The summed E-state index contributed by atoms with van der Waals surface area (Å²) in [5, 5.41) is 27.4. The van der Waals surface area contributed by atoms with Crippen molar-refractivity contribution in [3.8, 4) is 6.07 Å². The van der Waals surface area contributed by atoms with Gasteiger partial charge in [0, 0.05) is 5.56 Å². The quantitative estimate of drug-likeness (QED) is 0.738. The third kappa shape index (κ3) is 2.78. The highest BCUT2D eigenvalue weighted by molar-refractivity contribution is 5.75. The lowest BCUT2D eigenvalue weighted by Crippen LogP contribution is -2.29. The average Bonchev–Trinajstić information content (AvgIpc) is 2.35. The minimum atomic E-state index is -1.87. The van der Waals surface area contributed by atoms with Crippen molar-refractivity contribution in [1.82, 2.24) is 0 Å². The Balaban J connectivity index is 3.01. The van der Waals surface area contributed by atoms with Gasteiger partial charge in [0.05, 0.1) is 18.7 Å². The molecule has 0 fully saturated rings. The number of hydrogen-bond donors (Lipinski definition) is 2. The van der Waals surface area contributed by atoms with Crippen LogP contribution >= 0.6 is 0 Å². The lowest BCUT2D eigenvalue weighted by atomic mass is 10.0. The third-order valence-corrected chi connectivity index (χ3v) is 2.19. The van der Waals surface area contributed by atoms with Crippen LogP contribution in [0.1, 0.15) is 17.2 Å². The van der Waals surface area contributed by atoms with Crippen LogP contribution in [-0.4, -0.2) is 29.4 Å². The predicted octanol–water partition coefficient (Wildman–Crippen LogP) is 0.265. The van der Waals surface area contributed by atoms with Gasteiger partial charge in [-0.25, -0.2) is 9.18 Å². The molecule has 2 unspecified atom stereocenters. The van der Waals surface area contributed by atoms with Gasteiger partial charge >= 0.3 is 5.97 Å². The molecule has 0 spiro atoms. The van der Waals surface area contributed by atoms with E-state index < -0.39 is 24.0 Å². The molecule has 5 nitrogen and oxygen atoms in total. The largest absolute Gasteiger partial charge is 0.467 e. The summed E-state index contributed by atoms with van der Waals surface area (Å²) in [5.41, 5.74) is -0.201. The Kier molecular flexibility index (Phi) is 4.15. The molecule has 1 aromatic carbocycles. The first-order valence-electron chi connectivity index (χ1n) is 4.64. The normalized spacial score (nSPS) is 13.6. The minimum absolute atomic E-state index is 0.0750. The number of nitriles is 1. The standard InChI is InChI=1S/C11H10FNO4/c1-17-11(16)10(15)9(14)7-3-2-6(5-13)4-8(7)12/h2-4,9-10,14-15H,1H3. The molecule has 90 valence electrons. The van der Waals surface area contributed by atoms with E-state index in [1.807, 2.05) is 0 Å². The smallest absolute Gasteiger partial charge is 0.337 e. The SMILES string of the molecule is COC(=O)C(O)C(O)c1ccc(C#N)cc1F. The molecule has 0 aliphatic heterocycles. The number of nitrogens with zero attached hydrogens (tertiary/aromatic N) is 1. The number of benzene rings is 1. The van der Waals surface area contributed by atoms with Crippen molar-refractivity contribution in [2.45, 2.75) is 12.2 Å². The van der Waals surface area contributed by atoms with Gasteiger partial charge in [-0.05, 0) is 12.1 Å². The number of carbonyl (C=O) groups excluding carboxylic acids is 1. The van der Waals surface area contributed by atoms with E-state index in [2.05, 4.69) is 4.74 Å². The highest BCUT2D eigenvalue weighted by Crippen LogP contribution is 2.21. The van der Waals surface area contributed by atoms with E-state index in [-0.39, 0.29) is 11.1 Å². The van der Waals surface area contributed by atoms with Gasteiger partial charge in [0.25, 0.3) is 0 Å². The van der Waals surface area contributed by atoms with E-state index in [9.17, 15) is 19.4 Å². The number of rotatable bonds is 3. The van der Waals surface area contributed by atoms with Gasteiger partial charge in [0.15, 0.2) is 6.10 Å². The second-order valence-corrected chi connectivity index (χ2v) is 3.26. The van der Waals surface area contributed by atoms with Crippen molar-refractivity contribution in [3.05, 3.63) is 35.1 Å². The number of halogens is 1. The van der Waals surface area contributed by atoms with Crippen LogP contribution in [0.2, 0.25) is 0 Å². The van der Waals surface area contributed by atoms with Gasteiger partial charge in [0.1, 0.15) is 11.9 Å². The van der Waals surface area contributed by atoms with E-state index in [1.165, 1.54) is 6.07 Å². The molecule has 6 heteroatoms. The summed E-state index contributed by atoms with van der Waals surface area (Å²) in [4.78, 5) is 11.0. The maximum absolute atomic E-state index is 13.4. The van der Waals surface area contributed by atoms with Crippen molar-refractivity contribution >= 4 is 5.97 Å². The fourth-order valence-electron chi connectivity index (χ4n) is 1.26.